The third-order valence-electron chi connectivity index (χ3n) is 6.43. The summed E-state index contributed by atoms with van der Waals surface area (Å²) < 4.78 is 13.3. The fourth-order valence-corrected chi connectivity index (χ4v) is 6.45. The van der Waals surface area contributed by atoms with Gasteiger partial charge in [0.2, 0.25) is 0 Å². The zero-order valence-electron chi connectivity index (χ0n) is 21.6. The molecule has 0 saturated carbocycles. The van der Waals surface area contributed by atoms with Crippen LogP contribution in [-0.2, 0) is 9.53 Å². The highest BCUT2D eigenvalue weighted by Crippen LogP contribution is 2.37. The monoisotopic (exact) mass is 583 g/mol. The zero-order chi connectivity index (χ0) is 28.5. The van der Waals surface area contributed by atoms with Crippen LogP contribution in [0.1, 0.15) is 29.2 Å². The quantitative estimate of drug-likeness (QED) is 0.148. The van der Waals surface area contributed by atoms with Gasteiger partial charge in [0, 0.05) is 34.2 Å². The topological polar surface area (TPSA) is 117 Å². The maximum absolute atomic E-state index is 13.9. The van der Waals surface area contributed by atoms with Crippen molar-refractivity contribution in [1.82, 2.24) is 4.57 Å². The van der Waals surface area contributed by atoms with E-state index in [1.54, 1.807) is 37.3 Å². The molecule has 0 fully saturated rings. The van der Waals surface area contributed by atoms with E-state index in [1.165, 1.54) is 39.4 Å². The van der Waals surface area contributed by atoms with Crippen LogP contribution in [0, 0.1) is 10.1 Å². The molecule has 0 spiro atoms. The number of nitro groups is 1. The average molecular weight is 584 g/mol. The average Bonchev–Trinajstić information content (AvgIpc) is 3.75. The van der Waals surface area contributed by atoms with E-state index in [1.807, 2.05) is 47.8 Å². The molecule has 1 atom stereocenters. The number of esters is 1. The van der Waals surface area contributed by atoms with Crippen LogP contribution >= 0.6 is 22.7 Å². The molecule has 11 heteroatoms. The molecule has 0 unspecified atom stereocenters. The summed E-state index contributed by atoms with van der Waals surface area (Å²) in [5, 5.41) is 13.1. The number of thiophene rings is 1. The van der Waals surface area contributed by atoms with Gasteiger partial charge in [0.25, 0.3) is 11.2 Å². The molecule has 0 aliphatic carbocycles. The number of non-ortho nitro benzene ring substituents is 1. The molecule has 204 valence electrons. The van der Waals surface area contributed by atoms with E-state index in [0.717, 1.165) is 10.4 Å². The van der Waals surface area contributed by atoms with Crippen LogP contribution < -0.4 is 14.9 Å². The summed E-state index contributed by atoms with van der Waals surface area (Å²) >= 11 is 2.63. The number of thiazole rings is 1. The SMILES string of the molecule is CCOC(=O)C1=C(c2ccccc2)N=c2s/c(=C\c3ccc(-c4cccc([N+](=O)[O-])c4)o3)c(=O)n2[C@H]1c1cccs1. The molecule has 41 heavy (non-hydrogen) atoms. The van der Waals surface area contributed by atoms with Gasteiger partial charge in [0.05, 0.1) is 27.3 Å². The predicted octanol–water partition coefficient (Wildman–Crippen LogP) is 5.17. The van der Waals surface area contributed by atoms with Crippen molar-refractivity contribution in [3.05, 3.63) is 136 Å². The van der Waals surface area contributed by atoms with Gasteiger partial charge in [0.1, 0.15) is 17.6 Å². The molecule has 2 aromatic carbocycles. The second-order valence-electron chi connectivity index (χ2n) is 8.96. The van der Waals surface area contributed by atoms with Gasteiger partial charge < -0.3 is 9.15 Å². The fraction of sp³-hybridized carbons (Fsp3) is 0.100. The van der Waals surface area contributed by atoms with E-state index in [0.29, 0.717) is 37.7 Å². The first-order valence-corrected chi connectivity index (χ1v) is 14.3. The maximum atomic E-state index is 13.9. The van der Waals surface area contributed by atoms with E-state index >= 15 is 0 Å². The van der Waals surface area contributed by atoms with Crippen molar-refractivity contribution in [1.29, 1.82) is 0 Å². The molecule has 0 bridgehead atoms. The number of ether oxygens (including phenoxy) is 1. The van der Waals surface area contributed by atoms with Gasteiger partial charge in [-0.3, -0.25) is 19.5 Å². The van der Waals surface area contributed by atoms with Gasteiger partial charge in [-0.15, -0.1) is 11.3 Å². The number of carbonyl (C=O) groups excluding carboxylic acids is 1. The summed E-state index contributed by atoms with van der Waals surface area (Å²) in [6.07, 6.45) is 1.62. The Balaban J connectivity index is 1.51. The second-order valence-corrected chi connectivity index (χ2v) is 10.9. The van der Waals surface area contributed by atoms with Crippen molar-refractivity contribution in [2.45, 2.75) is 13.0 Å². The number of nitro benzene ring substituents is 1. The van der Waals surface area contributed by atoms with Gasteiger partial charge in [-0.05, 0) is 30.5 Å². The highest BCUT2D eigenvalue weighted by Gasteiger charge is 2.35. The minimum Gasteiger partial charge on any atom is -0.463 e. The molecular formula is C30H21N3O6S2. The lowest BCUT2D eigenvalue weighted by Crippen LogP contribution is -2.39. The number of hydrogen-bond acceptors (Lipinski definition) is 9. The zero-order valence-corrected chi connectivity index (χ0v) is 23.2. The third-order valence-corrected chi connectivity index (χ3v) is 8.34. The van der Waals surface area contributed by atoms with Gasteiger partial charge >= 0.3 is 5.97 Å². The number of carbonyl (C=O) groups is 1. The van der Waals surface area contributed by atoms with Crippen LogP contribution in [0.3, 0.4) is 0 Å². The maximum Gasteiger partial charge on any atom is 0.338 e. The molecule has 0 N–H and O–H groups in total. The van der Waals surface area contributed by atoms with E-state index in [4.69, 9.17) is 14.1 Å². The molecule has 0 saturated heterocycles. The number of hydrogen-bond donors (Lipinski definition) is 0. The number of fused-ring (bicyclic) bond motifs is 1. The van der Waals surface area contributed by atoms with E-state index in [9.17, 15) is 19.7 Å². The van der Waals surface area contributed by atoms with Crippen LogP contribution in [0.15, 0.2) is 104 Å². The van der Waals surface area contributed by atoms with Gasteiger partial charge in [0.15, 0.2) is 4.80 Å². The van der Waals surface area contributed by atoms with Crippen LogP contribution in [-0.4, -0.2) is 22.1 Å². The smallest absolute Gasteiger partial charge is 0.338 e. The fourth-order valence-electron chi connectivity index (χ4n) is 4.64. The van der Waals surface area contributed by atoms with Crippen molar-refractivity contribution in [3.63, 3.8) is 0 Å². The van der Waals surface area contributed by atoms with Crippen molar-refractivity contribution in [3.8, 4) is 11.3 Å². The highest BCUT2D eigenvalue weighted by molar-refractivity contribution is 7.10. The summed E-state index contributed by atoms with van der Waals surface area (Å²) in [4.78, 5) is 44.1. The van der Waals surface area contributed by atoms with Crippen LogP contribution in [0.5, 0.6) is 0 Å². The lowest BCUT2D eigenvalue weighted by atomic mass is 9.97. The van der Waals surface area contributed by atoms with E-state index < -0.39 is 16.9 Å². The molecular weight excluding hydrogens is 562 g/mol. The van der Waals surface area contributed by atoms with Crippen LogP contribution in [0.4, 0.5) is 5.69 Å². The normalized spacial score (nSPS) is 15.0. The molecule has 0 radical (unpaired) electrons. The summed E-state index contributed by atoms with van der Waals surface area (Å²) in [5.74, 6) is 0.299. The Hall–Kier alpha value is -4.87. The minimum atomic E-state index is -0.723. The molecule has 1 aliphatic heterocycles. The molecule has 4 heterocycles. The predicted molar refractivity (Wildman–Crippen MR) is 156 cm³/mol. The van der Waals surface area contributed by atoms with Crippen molar-refractivity contribution in [2.75, 3.05) is 6.61 Å². The number of rotatable bonds is 7. The first kappa shape index (κ1) is 26.4. The first-order valence-electron chi connectivity index (χ1n) is 12.6. The Kier molecular flexibility index (Phi) is 7.04. The Labute approximate surface area is 240 Å². The van der Waals surface area contributed by atoms with E-state index in [2.05, 4.69) is 0 Å². The number of nitrogens with zero attached hydrogens (tertiary/aromatic N) is 3. The lowest BCUT2D eigenvalue weighted by molar-refractivity contribution is -0.384. The summed E-state index contributed by atoms with van der Waals surface area (Å²) in [6, 6.07) is 21.9. The largest absolute Gasteiger partial charge is 0.463 e. The van der Waals surface area contributed by atoms with Crippen LogP contribution in [0.2, 0.25) is 0 Å². The molecule has 3 aromatic heterocycles. The minimum absolute atomic E-state index is 0.0473. The molecule has 6 rings (SSSR count). The standard InChI is InChI=1S/C30H21N3O6S2/c1-2-38-29(35)25-26(18-8-4-3-5-9-18)31-30-32(27(25)23-12-7-15-40-23)28(34)24(41-30)17-21-13-14-22(39-21)19-10-6-11-20(16-19)33(36)37/h3-17,27H,2H2,1H3/b24-17-/t27-/m0/s1. The van der Waals surface area contributed by atoms with Gasteiger partial charge in [-0.1, -0.05) is 59.9 Å². The number of furan rings is 1. The molecule has 0 amide bonds. The van der Waals surface area contributed by atoms with E-state index in [-0.39, 0.29) is 17.9 Å². The summed E-state index contributed by atoms with van der Waals surface area (Å²) in [7, 11) is 0. The Morgan fingerprint density at radius 3 is 2.63 bits per heavy atom. The Bertz CT molecular complexity index is 1980. The highest BCUT2D eigenvalue weighted by atomic mass is 32.1. The first-order chi connectivity index (χ1) is 19.9. The second kappa shape index (κ2) is 11.0. The Morgan fingerprint density at radius 1 is 1.10 bits per heavy atom. The number of aromatic nitrogens is 1. The lowest BCUT2D eigenvalue weighted by Gasteiger charge is -2.24. The van der Waals surface area contributed by atoms with Crippen molar-refractivity contribution in [2.24, 2.45) is 4.99 Å². The molecule has 9 nitrogen and oxygen atoms in total. The number of benzene rings is 2. The van der Waals surface area contributed by atoms with Crippen molar-refractivity contribution < 1.29 is 18.9 Å². The molecule has 1 aliphatic rings. The Morgan fingerprint density at radius 2 is 1.90 bits per heavy atom. The van der Waals surface area contributed by atoms with Gasteiger partial charge in [-0.2, -0.15) is 0 Å². The van der Waals surface area contributed by atoms with Crippen LogP contribution in [0.25, 0.3) is 23.1 Å². The summed E-state index contributed by atoms with van der Waals surface area (Å²) in [6.45, 7) is 1.92. The molecule has 5 aromatic rings. The third kappa shape index (κ3) is 4.96. The summed E-state index contributed by atoms with van der Waals surface area (Å²) in [5.41, 5.74) is 1.67. The van der Waals surface area contributed by atoms with Gasteiger partial charge in [-0.25, -0.2) is 9.79 Å². The van der Waals surface area contributed by atoms with Crippen molar-refractivity contribution >= 4 is 46.1 Å².